The quantitative estimate of drug-likeness (QED) is 0.694. The van der Waals surface area contributed by atoms with Gasteiger partial charge in [-0.1, -0.05) is 0 Å². The van der Waals surface area contributed by atoms with Crippen LogP contribution in [-0.4, -0.2) is 50.2 Å². The molecule has 0 spiro atoms. The van der Waals surface area contributed by atoms with Gasteiger partial charge in [-0.3, -0.25) is 9.69 Å². The molecule has 0 amide bonds. The van der Waals surface area contributed by atoms with Gasteiger partial charge in [0.2, 0.25) is 0 Å². The molecular formula is C11H22N2O2. The van der Waals surface area contributed by atoms with Crippen LogP contribution >= 0.6 is 0 Å². The van der Waals surface area contributed by atoms with Gasteiger partial charge < -0.3 is 10.1 Å². The van der Waals surface area contributed by atoms with Gasteiger partial charge in [-0.15, -0.1) is 0 Å². The van der Waals surface area contributed by atoms with Crippen LogP contribution in [0.1, 0.15) is 20.3 Å². The topological polar surface area (TPSA) is 41.6 Å². The lowest BCUT2D eigenvalue weighted by Crippen LogP contribution is -2.52. The largest absolute Gasteiger partial charge is 0.469 e. The number of nitrogens with one attached hydrogen (secondary N) is 1. The standard InChI is InChI=1S/C11H22N2O2/c1-8(2)13-6-9(11(14)15-4)5-10(7-13)12-3/h8-10,12H,5-7H2,1-4H3. The Labute approximate surface area is 92.0 Å². The highest BCUT2D eigenvalue weighted by molar-refractivity contribution is 5.72. The number of methoxy groups -OCH3 is 1. The molecule has 1 aliphatic rings. The van der Waals surface area contributed by atoms with Gasteiger partial charge in [0.05, 0.1) is 13.0 Å². The summed E-state index contributed by atoms with van der Waals surface area (Å²) in [5, 5.41) is 3.25. The van der Waals surface area contributed by atoms with Gasteiger partial charge in [0.25, 0.3) is 0 Å². The molecule has 88 valence electrons. The van der Waals surface area contributed by atoms with Gasteiger partial charge in [0, 0.05) is 25.2 Å². The van der Waals surface area contributed by atoms with Crippen molar-refractivity contribution in [3.63, 3.8) is 0 Å². The zero-order valence-corrected chi connectivity index (χ0v) is 10.1. The molecule has 0 aromatic rings. The Bertz CT molecular complexity index is 219. The van der Waals surface area contributed by atoms with Crippen LogP contribution in [0.3, 0.4) is 0 Å². The first-order chi connectivity index (χ1) is 7.08. The van der Waals surface area contributed by atoms with Crippen LogP contribution in [-0.2, 0) is 9.53 Å². The third-order valence-corrected chi connectivity index (χ3v) is 3.15. The summed E-state index contributed by atoms with van der Waals surface area (Å²) in [5.41, 5.74) is 0. The predicted octanol–water partition coefficient (Wildman–Crippen LogP) is 0.478. The molecule has 0 saturated carbocycles. The molecule has 1 aliphatic heterocycles. The van der Waals surface area contributed by atoms with Gasteiger partial charge in [-0.25, -0.2) is 0 Å². The predicted molar refractivity (Wildman–Crippen MR) is 59.7 cm³/mol. The van der Waals surface area contributed by atoms with Gasteiger partial charge in [-0.05, 0) is 27.3 Å². The van der Waals surface area contributed by atoms with Gasteiger partial charge in [-0.2, -0.15) is 0 Å². The van der Waals surface area contributed by atoms with E-state index >= 15 is 0 Å². The van der Waals surface area contributed by atoms with Crippen LogP contribution in [0.25, 0.3) is 0 Å². The lowest BCUT2D eigenvalue weighted by Gasteiger charge is -2.38. The summed E-state index contributed by atoms with van der Waals surface area (Å²) >= 11 is 0. The first-order valence-electron chi connectivity index (χ1n) is 5.57. The summed E-state index contributed by atoms with van der Waals surface area (Å²) in [5.74, 6) is -0.0656. The van der Waals surface area contributed by atoms with Crippen LogP contribution in [0.4, 0.5) is 0 Å². The smallest absolute Gasteiger partial charge is 0.310 e. The summed E-state index contributed by atoms with van der Waals surface area (Å²) in [6.45, 7) is 6.16. The second-order valence-corrected chi connectivity index (χ2v) is 4.49. The molecule has 0 bridgehead atoms. The van der Waals surface area contributed by atoms with Crippen molar-refractivity contribution >= 4 is 5.97 Å². The average Bonchev–Trinajstić information content (AvgIpc) is 2.27. The van der Waals surface area contributed by atoms with Gasteiger partial charge in [0.15, 0.2) is 0 Å². The molecular weight excluding hydrogens is 192 g/mol. The van der Waals surface area contributed by atoms with Crippen molar-refractivity contribution in [2.45, 2.75) is 32.4 Å². The third kappa shape index (κ3) is 3.18. The van der Waals surface area contributed by atoms with E-state index in [1.807, 2.05) is 7.05 Å². The monoisotopic (exact) mass is 214 g/mol. The first kappa shape index (κ1) is 12.5. The zero-order valence-electron chi connectivity index (χ0n) is 10.1. The lowest BCUT2D eigenvalue weighted by molar-refractivity contribution is -0.148. The molecule has 0 aromatic heterocycles. The van der Waals surface area contributed by atoms with E-state index in [9.17, 15) is 4.79 Å². The fraction of sp³-hybridized carbons (Fsp3) is 0.909. The Morgan fingerprint density at radius 1 is 1.47 bits per heavy atom. The number of nitrogens with zero attached hydrogens (tertiary/aromatic N) is 1. The third-order valence-electron chi connectivity index (χ3n) is 3.15. The van der Waals surface area contributed by atoms with E-state index in [1.165, 1.54) is 7.11 Å². The molecule has 0 aliphatic carbocycles. The van der Waals surface area contributed by atoms with E-state index in [2.05, 4.69) is 24.1 Å². The Kier molecular flexibility index (Phi) is 4.54. The lowest BCUT2D eigenvalue weighted by atomic mass is 9.93. The van der Waals surface area contributed by atoms with Crippen LogP contribution < -0.4 is 5.32 Å². The molecule has 1 heterocycles. The minimum Gasteiger partial charge on any atom is -0.469 e. The second kappa shape index (κ2) is 5.47. The number of carbonyl (C=O) groups excluding carboxylic acids is 1. The molecule has 0 aromatic carbocycles. The molecule has 0 radical (unpaired) electrons. The molecule has 1 N–H and O–H groups in total. The molecule has 4 nitrogen and oxygen atoms in total. The SMILES string of the molecule is CNC1CC(C(=O)OC)CN(C(C)C)C1. The minimum atomic E-state index is -0.0828. The van der Waals surface area contributed by atoms with Crippen molar-refractivity contribution in [2.75, 3.05) is 27.2 Å². The minimum absolute atomic E-state index is 0.0172. The van der Waals surface area contributed by atoms with Crippen molar-refractivity contribution < 1.29 is 9.53 Å². The summed E-state index contributed by atoms with van der Waals surface area (Å²) < 4.78 is 4.82. The number of esters is 1. The number of rotatable bonds is 3. The molecule has 1 fully saturated rings. The maximum Gasteiger partial charge on any atom is 0.310 e. The fourth-order valence-corrected chi connectivity index (χ4v) is 2.10. The maximum absolute atomic E-state index is 11.5. The Hall–Kier alpha value is -0.610. The van der Waals surface area contributed by atoms with E-state index in [1.54, 1.807) is 0 Å². The van der Waals surface area contributed by atoms with Crippen molar-refractivity contribution in [1.82, 2.24) is 10.2 Å². The summed E-state index contributed by atoms with van der Waals surface area (Å²) in [7, 11) is 3.41. The molecule has 2 unspecified atom stereocenters. The number of ether oxygens (including phenoxy) is 1. The van der Waals surface area contributed by atoms with Crippen LogP contribution in [0, 0.1) is 5.92 Å². The average molecular weight is 214 g/mol. The van der Waals surface area contributed by atoms with E-state index in [0.717, 1.165) is 19.5 Å². The van der Waals surface area contributed by atoms with E-state index in [4.69, 9.17) is 4.74 Å². The Balaban J connectivity index is 2.62. The number of likely N-dealkylation sites (N-methyl/N-ethyl adjacent to an activating group) is 1. The van der Waals surface area contributed by atoms with Crippen molar-refractivity contribution in [3.05, 3.63) is 0 Å². The number of hydrogen-bond donors (Lipinski definition) is 1. The zero-order chi connectivity index (χ0) is 11.4. The molecule has 2 atom stereocenters. The number of carbonyl (C=O) groups is 1. The Morgan fingerprint density at radius 2 is 2.13 bits per heavy atom. The molecule has 4 heteroatoms. The maximum atomic E-state index is 11.5. The summed E-state index contributed by atoms with van der Waals surface area (Å²) in [4.78, 5) is 13.8. The van der Waals surface area contributed by atoms with E-state index in [-0.39, 0.29) is 11.9 Å². The normalized spacial score (nSPS) is 28.1. The second-order valence-electron chi connectivity index (χ2n) is 4.49. The number of likely N-dealkylation sites (tertiary alicyclic amines) is 1. The number of piperidine rings is 1. The van der Waals surface area contributed by atoms with Crippen LogP contribution in [0.5, 0.6) is 0 Å². The molecule has 1 rings (SSSR count). The highest BCUT2D eigenvalue weighted by atomic mass is 16.5. The van der Waals surface area contributed by atoms with Crippen LogP contribution in [0.15, 0.2) is 0 Å². The summed E-state index contributed by atoms with van der Waals surface area (Å²) in [6, 6.07) is 0.874. The number of hydrogen-bond acceptors (Lipinski definition) is 4. The van der Waals surface area contributed by atoms with Crippen molar-refractivity contribution in [1.29, 1.82) is 0 Å². The van der Waals surface area contributed by atoms with Crippen molar-refractivity contribution in [2.24, 2.45) is 5.92 Å². The van der Waals surface area contributed by atoms with Crippen LogP contribution in [0.2, 0.25) is 0 Å². The van der Waals surface area contributed by atoms with Gasteiger partial charge in [0.1, 0.15) is 0 Å². The van der Waals surface area contributed by atoms with E-state index < -0.39 is 0 Å². The Morgan fingerprint density at radius 3 is 2.60 bits per heavy atom. The van der Waals surface area contributed by atoms with Crippen molar-refractivity contribution in [3.8, 4) is 0 Å². The molecule has 1 saturated heterocycles. The highest BCUT2D eigenvalue weighted by Crippen LogP contribution is 2.19. The summed E-state index contributed by atoms with van der Waals surface area (Å²) in [6.07, 6.45) is 0.881. The fourth-order valence-electron chi connectivity index (χ4n) is 2.10. The molecule has 15 heavy (non-hydrogen) atoms. The highest BCUT2D eigenvalue weighted by Gasteiger charge is 2.32. The first-order valence-corrected chi connectivity index (χ1v) is 5.57. The van der Waals surface area contributed by atoms with Gasteiger partial charge >= 0.3 is 5.97 Å². The van der Waals surface area contributed by atoms with E-state index in [0.29, 0.717) is 12.1 Å².